The van der Waals surface area contributed by atoms with Crippen molar-refractivity contribution in [1.82, 2.24) is 5.32 Å². The fraction of sp³-hybridized carbons (Fsp3) is 0.250. The van der Waals surface area contributed by atoms with Crippen molar-refractivity contribution in [2.75, 3.05) is 7.05 Å². The number of rotatable bonds is 5. The molecule has 0 bridgehead atoms. The van der Waals surface area contributed by atoms with Gasteiger partial charge in [0.05, 0.1) is 0 Å². The molecule has 0 fully saturated rings. The third-order valence-electron chi connectivity index (χ3n) is 3.25. The highest BCUT2D eigenvalue weighted by Gasteiger charge is 2.13. The van der Waals surface area contributed by atoms with Gasteiger partial charge in [0.15, 0.2) is 0 Å². The van der Waals surface area contributed by atoms with Crippen LogP contribution in [0.1, 0.15) is 23.6 Å². The summed E-state index contributed by atoms with van der Waals surface area (Å²) in [5.74, 6) is 0. The summed E-state index contributed by atoms with van der Waals surface area (Å²) in [6, 6.07) is 17.5. The van der Waals surface area contributed by atoms with Crippen molar-refractivity contribution in [3.05, 3.63) is 67.7 Å². The Balaban J connectivity index is 2.10. The zero-order valence-electron chi connectivity index (χ0n) is 10.9. The minimum Gasteiger partial charge on any atom is -0.313 e. The first kappa shape index (κ1) is 15.0. The third kappa shape index (κ3) is 4.29. The molecule has 100 valence electrons. The molecule has 2 aromatic carbocycles. The van der Waals surface area contributed by atoms with E-state index in [4.69, 9.17) is 0 Å². The van der Waals surface area contributed by atoms with E-state index in [1.165, 1.54) is 19.2 Å². The van der Waals surface area contributed by atoms with Crippen molar-refractivity contribution >= 4 is 38.5 Å². The maximum atomic E-state index is 3.65. The van der Waals surface area contributed by atoms with E-state index in [1.807, 2.05) is 7.05 Å². The molecule has 3 heteroatoms. The number of hydrogen-bond donors (Lipinski definition) is 1. The average molecular weight is 430 g/mol. The Labute approximate surface area is 137 Å². The molecule has 0 aliphatic carbocycles. The number of nitrogens with one attached hydrogen (secondary N) is 1. The molecule has 0 saturated carbocycles. The van der Waals surface area contributed by atoms with Crippen molar-refractivity contribution in [3.8, 4) is 0 Å². The van der Waals surface area contributed by atoms with Crippen LogP contribution in [0.25, 0.3) is 0 Å². The first-order valence-electron chi connectivity index (χ1n) is 6.37. The van der Waals surface area contributed by atoms with E-state index in [0.29, 0.717) is 6.04 Å². The molecule has 0 aromatic heterocycles. The van der Waals surface area contributed by atoms with Crippen molar-refractivity contribution in [1.29, 1.82) is 0 Å². The lowest BCUT2D eigenvalue weighted by Gasteiger charge is -2.18. The summed E-state index contributed by atoms with van der Waals surface area (Å²) in [4.78, 5) is 0. The molecule has 2 aromatic rings. The summed E-state index contributed by atoms with van der Waals surface area (Å²) in [6.45, 7) is 0. The number of aryl methyl sites for hydroxylation is 1. The second-order valence-corrected chi connectivity index (χ2v) is 6.63. The fourth-order valence-electron chi connectivity index (χ4n) is 2.19. The van der Waals surface area contributed by atoms with Crippen molar-refractivity contribution in [2.24, 2.45) is 0 Å². The molecule has 2 rings (SSSR count). The van der Waals surface area contributed by atoms with Crippen molar-refractivity contribution in [2.45, 2.75) is 18.9 Å². The molecule has 1 N–H and O–H groups in total. The highest BCUT2D eigenvalue weighted by molar-refractivity contribution is 14.1. The summed E-state index contributed by atoms with van der Waals surface area (Å²) in [5.41, 5.74) is 2.73. The predicted molar refractivity (Wildman–Crippen MR) is 93.4 cm³/mol. The standard InChI is InChI=1S/C16H17BrIN/c1-19-16(10-7-12-5-3-2-4-6-12)14-11-13(18)8-9-15(14)17/h2-6,8-9,11,16,19H,7,10H2,1H3. The maximum absolute atomic E-state index is 3.65. The lowest BCUT2D eigenvalue weighted by Crippen LogP contribution is -2.17. The summed E-state index contributed by atoms with van der Waals surface area (Å²) >= 11 is 6.02. The molecule has 0 heterocycles. The molecule has 0 amide bonds. The van der Waals surface area contributed by atoms with Crippen LogP contribution >= 0.6 is 38.5 Å². The van der Waals surface area contributed by atoms with E-state index in [2.05, 4.69) is 92.4 Å². The second kappa shape index (κ2) is 7.41. The van der Waals surface area contributed by atoms with Crippen LogP contribution < -0.4 is 5.32 Å². The Morgan fingerprint density at radius 2 is 1.89 bits per heavy atom. The van der Waals surface area contributed by atoms with Gasteiger partial charge in [0.1, 0.15) is 0 Å². The third-order valence-corrected chi connectivity index (χ3v) is 4.64. The molecule has 0 spiro atoms. The Hall–Kier alpha value is -0.390. The van der Waals surface area contributed by atoms with Crippen LogP contribution in [0.15, 0.2) is 53.0 Å². The van der Waals surface area contributed by atoms with Gasteiger partial charge < -0.3 is 5.32 Å². The van der Waals surface area contributed by atoms with Gasteiger partial charge in [-0.2, -0.15) is 0 Å². The van der Waals surface area contributed by atoms with E-state index in [9.17, 15) is 0 Å². The first-order chi connectivity index (χ1) is 9.20. The summed E-state index contributed by atoms with van der Waals surface area (Å²) in [6.07, 6.45) is 2.18. The smallest absolute Gasteiger partial charge is 0.0332 e. The van der Waals surface area contributed by atoms with Crippen LogP contribution in [0.2, 0.25) is 0 Å². The average Bonchev–Trinajstić information content (AvgIpc) is 2.44. The van der Waals surface area contributed by atoms with Crippen LogP contribution in [-0.2, 0) is 6.42 Å². The van der Waals surface area contributed by atoms with Gasteiger partial charge in [0, 0.05) is 14.1 Å². The van der Waals surface area contributed by atoms with Gasteiger partial charge in [-0.15, -0.1) is 0 Å². The van der Waals surface area contributed by atoms with E-state index >= 15 is 0 Å². The van der Waals surface area contributed by atoms with Crippen LogP contribution in [0.3, 0.4) is 0 Å². The van der Waals surface area contributed by atoms with E-state index in [1.54, 1.807) is 0 Å². The zero-order chi connectivity index (χ0) is 13.7. The number of hydrogen-bond acceptors (Lipinski definition) is 1. The fourth-order valence-corrected chi connectivity index (χ4v) is 3.23. The quantitative estimate of drug-likeness (QED) is 0.663. The van der Waals surface area contributed by atoms with Gasteiger partial charge in [-0.1, -0.05) is 46.3 Å². The van der Waals surface area contributed by atoms with Gasteiger partial charge in [-0.25, -0.2) is 0 Å². The normalized spacial score (nSPS) is 12.4. The van der Waals surface area contributed by atoms with Crippen molar-refractivity contribution in [3.63, 3.8) is 0 Å². The molecule has 1 unspecified atom stereocenters. The van der Waals surface area contributed by atoms with Gasteiger partial charge in [-0.05, 0) is 71.8 Å². The minimum atomic E-state index is 0.379. The molecule has 19 heavy (non-hydrogen) atoms. The van der Waals surface area contributed by atoms with Gasteiger partial charge >= 0.3 is 0 Å². The molecule has 0 saturated heterocycles. The zero-order valence-corrected chi connectivity index (χ0v) is 14.6. The Kier molecular flexibility index (Phi) is 5.85. The number of benzene rings is 2. The first-order valence-corrected chi connectivity index (χ1v) is 8.24. The monoisotopic (exact) mass is 429 g/mol. The predicted octanol–water partition coefficient (Wildman–Crippen LogP) is 4.95. The van der Waals surface area contributed by atoms with Gasteiger partial charge in [0.25, 0.3) is 0 Å². The van der Waals surface area contributed by atoms with Gasteiger partial charge in [0.2, 0.25) is 0 Å². The minimum absolute atomic E-state index is 0.379. The maximum Gasteiger partial charge on any atom is 0.0332 e. The summed E-state index contributed by atoms with van der Waals surface area (Å²) < 4.78 is 2.45. The lowest BCUT2D eigenvalue weighted by molar-refractivity contribution is 0.547. The molecule has 0 aliphatic heterocycles. The van der Waals surface area contributed by atoms with E-state index in [0.717, 1.165) is 12.8 Å². The van der Waals surface area contributed by atoms with E-state index < -0.39 is 0 Å². The Morgan fingerprint density at radius 1 is 1.16 bits per heavy atom. The molecule has 1 nitrogen and oxygen atoms in total. The summed E-state index contributed by atoms with van der Waals surface area (Å²) in [5, 5.41) is 3.42. The second-order valence-electron chi connectivity index (χ2n) is 4.53. The van der Waals surface area contributed by atoms with Crippen LogP contribution in [0.4, 0.5) is 0 Å². The van der Waals surface area contributed by atoms with Crippen molar-refractivity contribution < 1.29 is 0 Å². The largest absolute Gasteiger partial charge is 0.313 e. The van der Waals surface area contributed by atoms with Crippen LogP contribution in [-0.4, -0.2) is 7.05 Å². The Morgan fingerprint density at radius 3 is 2.58 bits per heavy atom. The lowest BCUT2D eigenvalue weighted by atomic mass is 9.99. The SMILES string of the molecule is CNC(CCc1ccccc1)c1cc(I)ccc1Br. The molecule has 0 radical (unpaired) electrons. The molecular formula is C16H17BrIN. The highest BCUT2D eigenvalue weighted by Crippen LogP contribution is 2.28. The van der Waals surface area contributed by atoms with Crippen LogP contribution in [0.5, 0.6) is 0 Å². The molecule has 0 aliphatic rings. The Bertz CT molecular complexity index is 528. The van der Waals surface area contributed by atoms with Crippen LogP contribution in [0, 0.1) is 3.57 Å². The molecule has 1 atom stereocenters. The summed E-state index contributed by atoms with van der Waals surface area (Å²) in [7, 11) is 2.03. The molecular weight excluding hydrogens is 413 g/mol. The van der Waals surface area contributed by atoms with E-state index in [-0.39, 0.29) is 0 Å². The topological polar surface area (TPSA) is 12.0 Å². The highest BCUT2D eigenvalue weighted by atomic mass is 127. The van der Waals surface area contributed by atoms with Gasteiger partial charge in [-0.3, -0.25) is 0 Å². The number of halogens is 2.